The van der Waals surface area contributed by atoms with E-state index in [9.17, 15) is 14.4 Å². The van der Waals surface area contributed by atoms with E-state index in [1.165, 1.54) is 11.3 Å². The molecule has 3 amide bonds. The Labute approximate surface area is 173 Å². The van der Waals surface area contributed by atoms with Gasteiger partial charge in [0, 0.05) is 16.0 Å². The summed E-state index contributed by atoms with van der Waals surface area (Å²) in [5.74, 6) is -1.48. The predicted molar refractivity (Wildman–Crippen MR) is 108 cm³/mol. The summed E-state index contributed by atoms with van der Waals surface area (Å²) in [4.78, 5) is 42.3. The molecular formula is C19H11Cl2N3O3S. The van der Waals surface area contributed by atoms with Gasteiger partial charge in [0.25, 0.3) is 11.8 Å². The van der Waals surface area contributed by atoms with Gasteiger partial charge in [-0.1, -0.05) is 35.3 Å². The Balaban J connectivity index is 1.46. The average molecular weight is 432 g/mol. The summed E-state index contributed by atoms with van der Waals surface area (Å²) in [6.07, 6.45) is 0. The number of anilines is 1. The molecule has 2 heterocycles. The van der Waals surface area contributed by atoms with E-state index in [2.05, 4.69) is 10.3 Å². The van der Waals surface area contributed by atoms with Crippen molar-refractivity contribution in [2.75, 3.05) is 11.9 Å². The number of benzene rings is 2. The number of nitrogens with one attached hydrogen (secondary N) is 1. The molecule has 0 atom stereocenters. The van der Waals surface area contributed by atoms with Gasteiger partial charge < -0.3 is 5.32 Å². The maximum Gasteiger partial charge on any atom is 0.262 e. The van der Waals surface area contributed by atoms with Crippen molar-refractivity contribution in [2.24, 2.45) is 0 Å². The first kappa shape index (κ1) is 18.6. The van der Waals surface area contributed by atoms with Crippen molar-refractivity contribution < 1.29 is 14.4 Å². The first-order valence-corrected chi connectivity index (χ1v) is 9.73. The van der Waals surface area contributed by atoms with Crippen LogP contribution in [0.1, 0.15) is 20.7 Å². The molecule has 6 nitrogen and oxygen atoms in total. The minimum atomic E-state index is -0.516. The zero-order valence-corrected chi connectivity index (χ0v) is 16.4. The number of hydrogen-bond donors (Lipinski definition) is 1. The number of halogens is 2. The summed E-state index contributed by atoms with van der Waals surface area (Å²) in [6.45, 7) is -0.386. The van der Waals surface area contributed by atoms with Crippen molar-refractivity contribution >= 4 is 57.4 Å². The van der Waals surface area contributed by atoms with Crippen molar-refractivity contribution in [3.63, 3.8) is 0 Å². The van der Waals surface area contributed by atoms with E-state index in [1.807, 2.05) is 0 Å². The second-order valence-electron chi connectivity index (χ2n) is 5.95. The zero-order valence-electron chi connectivity index (χ0n) is 14.1. The van der Waals surface area contributed by atoms with E-state index in [-0.39, 0.29) is 6.54 Å². The molecule has 9 heteroatoms. The maximum atomic E-state index is 12.3. The smallest absolute Gasteiger partial charge is 0.262 e. The molecule has 0 bridgehead atoms. The summed E-state index contributed by atoms with van der Waals surface area (Å²) < 4.78 is 0. The number of hydrogen-bond acceptors (Lipinski definition) is 5. The molecule has 4 rings (SSSR count). The summed E-state index contributed by atoms with van der Waals surface area (Å²) in [5.41, 5.74) is 1.87. The number of thiazole rings is 1. The number of nitrogens with zero attached hydrogens (tertiary/aromatic N) is 2. The van der Waals surface area contributed by atoms with Crippen LogP contribution in [0, 0.1) is 0 Å². The third kappa shape index (κ3) is 3.40. The Morgan fingerprint density at radius 2 is 1.71 bits per heavy atom. The highest BCUT2D eigenvalue weighted by Crippen LogP contribution is 2.32. The Morgan fingerprint density at radius 3 is 2.36 bits per heavy atom. The molecule has 140 valence electrons. The Hall–Kier alpha value is -2.74. The molecule has 3 aromatic rings. The van der Waals surface area contributed by atoms with Crippen LogP contribution in [-0.4, -0.2) is 34.2 Å². The number of rotatable bonds is 4. The number of aromatic nitrogens is 1. The number of imide groups is 1. The Morgan fingerprint density at radius 1 is 1.04 bits per heavy atom. The van der Waals surface area contributed by atoms with E-state index in [0.717, 1.165) is 4.90 Å². The van der Waals surface area contributed by atoms with Crippen molar-refractivity contribution in [3.05, 3.63) is 69.0 Å². The van der Waals surface area contributed by atoms with Gasteiger partial charge in [-0.2, -0.15) is 0 Å². The molecule has 1 aliphatic rings. The van der Waals surface area contributed by atoms with Crippen LogP contribution in [-0.2, 0) is 4.79 Å². The zero-order chi connectivity index (χ0) is 19.8. The monoisotopic (exact) mass is 431 g/mol. The van der Waals surface area contributed by atoms with Crippen LogP contribution in [0.2, 0.25) is 10.0 Å². The molecule has 1 aliphatic heterocycles. The standard InChI is InChI=1S/C19H11Cl2N3O3S/c20-10-5-6-13(14(21)7-10)15-9-28-19(22-15)23-16(25)8-24-17(26)11-3-1-2-4-12(11)18(24)27/h1-7,9H,8H2,(H,22,23,25). The number of carbonyl (C=O) groups excluding carboxylic acids is 3. The van der Waals surface area contributed by atoms with Crippen LogP contribution in [0.25, 0.3) is 11.3 Å². The number of amides is 3. The molecule has 28 heavy (non-hydrogen) atoms. The fraction of sp³-hybridized carbons (Fsp3) is 0.0526. The van der Waals surface area contributed by atoms with E-state index in [0.29, 0.717) is 37.6 Å². The lowest BCUT2D eigenvalue weighted by Gasteiger charge is -2.12. The highest BCUT2D eigenvalue weighted by atomic mass is 35.5. The summed E-state index contributed by atoms with van der Waals surface area (Å²) in [6, 6.07) is 11.5. The topological polar surface area (TPSA) is 79.4 Å². The number of carbonyl (C=O) groups is 3. The average Bonchev–Trinajstić information content (AvgIpc) is 3.21. The van der Waals surface area contributed by atoms with Gasteiger partial charge in [-0.15, -0.1) is 11.3 Å². The molecule has 0 aliphatic carbocycles. The van der Waals surface area contributed by atoms with E-state index >= 15 is 0 Å². The lowest BCUT2D eigenvalue weighted by atomic mass is 10.1. The normalized spacial score (nSPS) is 13.0. The molecule has 2 aromatic carbocycles. The summed E-state index contributed by atoms with van der Waals surface area (Å²) in [5, 5.41) is 5.65. The minimum Gasteiger partial charge on any atom is -0.300 e. The van der Waals surface area contributed by atoms with Gasteiger partial charge in [-0.3, -0.25) is 19.3 Å². The lowest BCUT2D eigenvalue weighted by Crippen LogP contribution is -2.37. The quantitative estimate of drug-likeness (QED) is 0.622. The van der Waals surface area contributed by atoms with Crippen LogP contribution in [0.5, 0.6) is 0 Å². The third-order valence-electron chi connectivity index (χ3n) is 4.14. The molecule has 1 aromatic heterocycles. The second-order valence-corrected chi connectivity index (χ2v) is 7.65. The van der Waals surface area contributed by atoms with Crippen LogP contribution in [0.3, 0.4) is 0 Å². The van der Waals surface area contributed by atoms with Crippen LogP contribution >= 0.6 is 34.5 Å². The molecule has 0 spiro atoms. The minimum absolute atomic E-state index is 0.300. The molecule has 0 saturated heterocycles. The molecule has 0 saturated carbocycles. The number of fused-ring (bicyclic) bond motifs is 1. The largest absolute Gasteiger partial charge is 0.300 e. The van der Waals surface area contributed by atoms with Crippen LogP contribution in [0.4, 0.5) is 5.13 Å². The molecule has 0 unspecified atom stereocenters. The van der Waals surface area contributed by atoms with Gasteiger partial charge in [0.2, 0.25) is 5.91 Å². The SMILES string of the molecule is O=C(CN1C(=O)c2ccccc2C1=O)Nc1nc(-c2ccc(Cl)cc2Cl)cs1. The van der Waals surface area contributed by atoms with Crippen LogP contribution in [0.15, 0.2) is 47.8 Å². The maximum absolute atomic E-state index is 12.3. The first-order valence-electron chi connectivity index (χ1n) is 8.10. The Bertz CT molecular complexity index is 1090. The summed E-state index contributed by atoms with van der Waals surface area (Å²) in [7, 11) is 0. The Kier molecular flexibility index (Phi) is 4.89. The van der Waals surface area contributed by atoms with E-state index in [4.69, 9.17) is 23.2 Å². The second kappa shape index (κ2) is 7.35. The van der Waals surface area contributed by atoms with Gasteiger partial charge in [0.05, 0.1) is 21.8 Å². The molecule has 0 fully saturated rings. The van der Waals surface area contributed by atoms with Crippen molar-refractivity contribution in [3.8, 4) is 11.3 Å². The fourth-order valence-corrected chi connectivity index (χ4v) is 4.07. The highest BCUT2D eigenvalue weighted by Gasteiger charge is 2.36. The van der Waals surface area contributed by atoms with Crippen molar-refractivity contribution in [1.29, 1.82) is 0 Å². The van der Waals surface area contributed by atoms with Gasteiger partial charge in [0.15, 0.2) is 5.13 Å². The van der Waals surface area contributed by atoms with Gasteiger partial charge in [-0.25, -0.2) is 4.98 Å². The highest BCUT2D eigenvalue weighted by molar-refractivity contribution is 7.14. The first-order chi connectivity index (χ1) is 13.4. The van der Waals surface area contributed by atoms with Gasteiger partial charge in [-0.05, 0) is 30.3 Å². The van der Waals surface area contributed by atoms with E-state index < -0.39 is 17.7 Å². The molecule has 0 radical (unpaired) electrons. The van der Waals surface area contributed by atoms with Crippen LogP contribution < -0.4 is 5.32 Å². The van der Waals surface area contributed by atoms with Crippen molar-refractivity contribution in [2.45, 2.75) is 0 Å². The predicted octanol–water partition coefficient (Wildman–Crippen LogP) is 4.35. The third-order valence-corrected chi connectivity index (χ3v) is 5.44. The molecule has 1 N–H and O–H groups in total. The van der Waals surface area contributed by atoms with Crippen molar-refractivity contribution in [1.82, 2.24) is 9.88 Å². The fourth-order valence-electron chi connectivity index (χ4n) is 2.84. The summed E-state index contributed by atoms with van der Waals surface area (Å²) >= 11 is 13.3. The van der Waals surface area contributed by atoms with E-state index in [1.54, 1.807) is 47.8 Å². The lowest BCUT2D eigenvalue weighted by molar-refractivity contribution is -0.116. The molecular weight excluding hydrogens is 421 g/mol. The van der Waals surface area contributed by atoms with Gasteiger partial charge >= 0.3 is 0 Å². The van der Waals surface area contributed by atoms with Gasteiger partial charge in [0.1, 0.15) is 6.54 Å².